The maximum absolute atomic E-state index is 9.34. The van der Waals surface area contributed by atoms with Crippen molar-refractivity contribution < 1.29 is 19.5 Å². The molecule has 0 radical (unpaired) electrons. The molecule has 2 rings (SSSR count). The van der Waals surface area contributed by atoms with Crippen molar-refractivity contribution in [1.29, 1.82) is 0 Å². The van der Waals surface area contributed by atoms with Gasteiger partial charge in [-0.25, -0.2) is 0 Å². The van der Waals surface area contributed by atoms with Crippen LogP contribution in [0.1, 0.15) is 34.6 Å². The molecule has 19 heavy (non-hydrogen) atoms. The van der Waals surface area contributed by atoms with Gasteiger partial charge in [-0.3, -0.25) is 4.68 Å². The van der Waals surface area contributed by atoms with E-state index in [4.69, 9.17) is 9.31 Å². The van der Waals surface area contributed by atoms with Crippen LogP contribution in [0.15, 0.2) is 12.4 Å². The van der Waals surface area contributed by atoms with Crippen molar-refractivity contribution in [1.82, 2.24) is 9.78 Å². The second-order valence-electron chi connectivity index (χ2n) is 6.28. The number of hydrogen-bond donors (Lipinski definition) is 2. The van der Waals surface area contributed by atoms with Crippen LogP contribution in [0.3, 0.4) is 0 Å². The quantitative estimate of drug-likeness (QED) is 0.590. The molecule has 0 bridgehead atoms. The van der Waals surface area contributed by atoms with E-state index in [0.29, 0.717) is 0 Å². The molecule has 1 aliphatic rings. The summed E-state index contributed by atoms with van der Waals surface area (Å²) in [5, 5.41) is 22.8. The van der Waals surface area contributed by atoms with Gasteiger partial charge in [0.05, 0.1) is 17.7 Å². The lowest BCUT2D eigenvalue weighted by molar-refractivity contribution is -0.156. The third kappa shape index (κ3) is 3.00. The fourth-order valence-corrected chi connectivity index (χ4v) is 1.87. The van der Waals surface area contributed by atoms with Crippen molar-refractivity contribution in [3.05, 3.63) is 12.4 Å². The SMILES string of the molecule is CC(O)(O)Cn1cc(B2OC(C)(C)C(C)(C)O2)cn1. The molecule has 0 spiro atoms. The Balaban J connectivity index is 2.13. The van der Waals surface area contributed by atoms with E-state index in [0.717, 1.165) is 5.46 Å². The van der Waals surface area contributed by atoms with Crippen LogP contribution in [0, 0.1) is 0 Å². The first-order chi connectivity index (χ1) is 8.50. The average molecular weight is 268 g/mol. The van der Waals surface area contributed by atoms with Gasteiger partial charge in [0.25, 0.3) is 0 Å². The van der Waals surface area contributed by atoms with Crippen molar-refractivity contribution in [3.63, 3.8) is 0 Å². The number of nitrogens with zero attached hydrogens (tertiary/aromatic N) is 2. The lowest BCUT2D eigenvalue weighted by Gasteiger charge is -2.32. The Hall–Kier alpha value is -0.885. The van der Waals surface area contributed by atoms with Gasteiger partial charge in [0, 0.05) is 17.9 Å². The van der Waals surface area contributed by atoms with E-state index in [1.807, 2.05) is 27.7 Å². The standard InChI is InChI=1S/C12H21BN2O4/c1-10(2)11(3,4)19-13(18-10)9-6-14-15(7-9)8-12(5,16)17/h6-7,16-17H,8H2,1-5H3. The first kappa shape index (κ1) is 14.5. The van der Waals surface area contributed by atoms with E-state index in [9.17, 15) is 10.2 Å². The van der Waals surface area contributed by atoms with Gasteiger partial charge in [-0.15, -0.1) is 0 Å². The predicted octanol–water partition coefficient (Wildman–Crippen LogP) is -0.117. The molecular formula is C12H21BN2O4. The van der Waals surface area contributed by atoms with Gasteiger partial charge in [-0.05, 0) is 34.6 Å². The van der Waals surface area contributed by atoms with Crippen LogP contribution in [0.25, 0.3) is 0 Å². The van der Waals surface area contributed by atoms with E-state index < -0.39 is 24.1 Å². The van der Waals surface area contributed by atoms with Crippen LogP contribution in [0.2, 0.25) is 0 Å². The normalized spacial score (nSPS) is 21.9. The Kier molecular flexibility index (Phi) is 3.29. The van der Waals surface area contributed by atoms with Gasteiger partial charge in [0.2, 0.25) is 0 Å². The Morgan fingerprint density at radius 3 is 2.26 bits per heavy atom. The van der Waals surface area contributed by atoms with Gasteiger partial charge in [0.1, 0.15) is 0 Å². The number of aromatic nitrogens is 2. The molecule has 0 unspecified atom stereocenters. The molecular weight excluding hydrogens is 247 g/mol. The first-order valence-corrected chi connectivity index (χ1v) is 6.33. The molecule has 7 heteroatoms. The molecule has 1 aromatic rings. The topological polar surface area (TPSA) is 76.7 Å². The molecule has 2 heterocycles. The van der Waals surface area contributed by atoms with Gasteiger partial charge in [-0.2, -0.15) is 5.10 Å². The molecule has 1 fully saturated rings. The monoisotopic (exact) mass is 268 g/mol. The van der Waals surface area contributed by atoms with E-state index in [1.54, 1.807) is 12.4 Å². The van der Waals surface area contributed by atoms with Gasteiger partial charge in [0.15, 0.2) is 5.79 Å². The van der Waals surface area contributed by atoms with Crippen molar-refractivity contribution in [2.45, 2.75) is 58.2 Å². The van der Waals surface area contributed by atoms with Crippen LogP contribution in [-0.2, 0) is 15.9 Å². The highest BCUT2D eigenvalue weighted by molar-refractivity contribution is 6.61. The van der Waals surface area contributed by atoms with E-state index in [-0.39, 0.29) is 6.54 Å². The van der Waals surface area contributed by atoms with Crippen LogP contribution in [-0.4, -0.2) is 44.1 Å². The Labute approximate surface area is 113 Å². The molecule has 6 nitrogen and oxygen atoms in total. The van der Waals surface area contributed by atoms with E-state index in [2.05, 4.69) is 5.10 Å². The molecule has 0 amide bonds. The number of aliphatic hydroxyl groups is 2. The second-order valence-corrected chi connectivity index (χ2v) is 6.28. The molecule has 0 aliphatic carbocycles. The summed E-state index contributed by atoms with van der Waals surface area (Å²) in [6.45, 7) is 9.23. The fraction of sp³-hybridized carbons (Fsp3) is 0.750. The van der Waals surface area contributed by atoms with Gasteiger partial charge < -0.3 is 19.5 Å². The van der Waals surface area contributed by atoms with Gasteiger partial charge >= 0.3 is 7.12 Å². The zero-order chi connectivity index (χ0) is 14.5. The predicted molar refractivity (Wildman–Crippen MR) is 70.8 cm³/mol. The summed E-state index contributed by atoms with van der Waals surface area (Å²) in [7, 11) is -0.484. The summed E-state index contributed by atoms with van der Waals surface area (Å²) < 4.78 is 13.2. The van der Waals surface area contributed by atoms with E-state index in [1.165, 1.54) is 11.6 Å². The average Bonchev–Trinajstić information content (AvgIpc) is 2.68. The maximum atomic E-state index is 9.34. The summed E-state index contributed by atoms with van der Waals surface area (Å²) in [4.78, 5) is 0. The Morgan fingerprint density at radius 2 is 1.79 bits per heavy atom. The van der Waals surface area contributed by atoms with Crippen molar-refractivity contribution >= 4 is 12.6 Å². The molecule has 0 atom stereocenters. The second kappa shape index (κ2) is 4.31. The smallest absolute Gasteiger partial charge is 0.399 e. The van der Waals surface area contributed by atoms with E-state index >= 15 is 0 Å². The number of rotatable bonds is 3. The zero-order valence-electron chi connectivity index (χ0n) is 12.0. The van der Waals surface area contributed by atoms with Crippen LogP contribution in [0.4, 0.5) is 0 Å². The van der Waals surface area contributed by atoms with Crippen molar-refractivity contribution in [2.75, 3.05) is 0 Å². The third-order valence-corrected chi connectivity index (χ3v) is 3.64. The minimum Gasteiger partial charge on any atom is -0.399 e. The van der Waals surface area contributed by atoms with Crippen LogP contribution in [0.5, 0.6) is 0 Å². The Bertz CT molecular complexity index is 449. The summed E-state index contributed by atoms with van der Waals surface area (Å²) >= 11 is 0. The van der Waals surface area contributed by atoms with Crippen molar-refractivity contribution in [3.8, 4) is 0 Å². The molecule has 1 aliphatic heterocycles. The minimum atomic E-state index is -1.79. The fourth-order valence-electron chi connectivity index (χ4n) is 1.87. The Morgan fingerprint density at radius 1 is 1.26 bits per heavy atom. The first-order valence-electron chi connectivity index (χ1n) is 6.33. The summed E-state index contributed by atoms with van der Waals surface area (Å²) in [5.41, 5.74) is -0.0345. The molecule has 106 valence electrons. The highest BCUT2D eigenvalue weighted by Crippen LogP contribution is 2.36. The third-order valence-electron chi connectivity index (χ3n) is 3.64. The van der Waals surface area contributed by atoms with Crippen LogP contribution >= 0.6 is 0 Å². The minimum absolute atomic E-state index is 0.00743. The summed E-state index contributed by atoms with van der Waals surface area (Å²) in [5.74, 6) is -1.79. The zero-order valence-corrected chi connectivity index (χ0v) is 12.0. The van der Waals surface area contributed by atoms with Crippen LogP contribution < -0.4 is 5.46 Å². The van der Waals surface area contributed by atoms with Crippen molar-refractivity contribution in [2.24, 2.45) is 0 Å². The lowest BCUT2D eigenvalue weighted by atomic mass is 9.82. The summed E-state index contributed by atoms with van der Waals surface area (Å²) in [6.07, 6.45) is 3.32. The number of hydrogen-bond acceptors (Lipinski definition) is 5. The summed E-state index contributed by atoms with van der Waals surface area (Å²) in [6, 6.07) is 0. The lowest BCUT2D eigenvalue weighted by Crippen LogP contribution is -2.41. The molecule has 0 saturated carbocycles. The molecule has 1 aromatic heterocycles. The molecule has 1 saturated heterocycles. The largest absolute Gasteiger partial charge is 0.498 e. The highest BCUT2D eigenvalue weighted by atomic mass is 16.7. The molecule has 2 N–H and O–H groups in total. The highest BCUT2D eigenvalue weighted by Gasteiger charge is 2.52. The molecule has 0 aromatic carbocycles. The van der Waals surface area contributed by atoms with Gasteiger partial charge in [-0.1, -0.05) is 0 Å². The maximum Gasteiger partial charge on any atom is 0.498 e.